The minimum absolute atomic E-state index is 0.124. The van der Waals surface area contributed by atoms with Crippen LogP contribution in [-0.2, 0) is 6.42 Å². The highest BCUT2D eigenvalue weighted by molar-refractivity contribution is 5.84. The molecule has 6 unspecified atom stereocenters. The lowest BCUT2D eigenvalue weighted by Gasteiger charge is -2.48. The van der Waals surface area contributed by atoms with Crippen molar-refractivity contribution in [3.63, 3.8) is 0 Å². The van der Waals surface area contributed by atoms with Gasteiger partial charge in [-0.05, 0) is 124 Å². The van der Waals surface area contributed by atoms with E-state index in [-0.39, 0.29) is 17.5 Å². The maximum absolute atomic E-state index is 3.90. The van der Waals surface area contributed by atoms with Gasteiger partial charge in [0, 0.05) is 29.2 Å². The van der Waals surface area contributed by atoms with Gasteiger partial charge in [-0.25, -0.2) is 0 Å². The number of benzene rings is 3. The van der Waals surface area contributed by atoms with Gasteiger partial charge in [-0.15, -0.1) is 0 Å². The number of para-hydroxylation sites is 2. The molecule has 0 bridgehead atoms. The molecule has 7 aliphatic carbocycles. The minimum Gasteiger partial charge on any atom is -0.360 e. The number of nitrogens with one attached hydrogen (secondary N) is 1. The maximum Gasteiger partial charge on any atom is 0.126 e. The van der Waals surface area contributed by atoms with Gasteiger partial charge in [0.25, 0.3) is 0 Å². The van der Waals surface area contributed by atoms with E-state index < -0.39 is 0 Å². The van der Waals surface area contributed by atoms with E-state index >= 15 is 0 Å². The topological polar surface area (TPSA) is 15.3 Å². The summed E-state index contributed by atoms with van der Waals surface area (Å²) in [4.78, 5) is 2.64. The molecule has 0 amide bonds. The predicted octanol–water partition coefficient (Wildman–Crippen LogP) is 13.2. The first-order chi connectivity index (χ1) is 27.6. The van der Waals surface area contributed by atoms with Crippen LogP contribution in [0.4, 0.5) is 11.4 Å². The highest BCUT2D eigenvalue weighted by Crippen LogP contribution is 2.60. The van der Waals surface area contributed by atoms with E-state index in [2.05, 4.69) is 181 Å². The van der Waals surface area contributed by atoms with Crippen LogP contribution in [0.1, 0.15) is 85.3 Å². The molecule has 0 saturated carbocycles. The molecule has 6 atom stereocenters. The summed E-state index contributed by atoms with van der Waals surface area (Å²) < 4.78 is 0. The zero-order valence-electron chi connectivity index (χ0n) is 32.4. The number of allylic oxidation sites excluding steroid dienone is 20. The first-order valence-corrected chi connectivity index (χ1v) is 21.1. The molecule has 0 radical (unpaired) electrons. The summed E-state index contributed by atoms with van der Waals surface area (Å²) in [5, 5.41) is 3.90. The fourth-order valence-corrected chi connectivity index (χ4v) is 11.0. The van der Waals surface area contributed by atoms with Gasteiger partial charge < -0.3 is 10.2 Å². The van der Waals surface area contributed by atoms with Gasteiger partial charge in [0.05, 0.1) is 11.4 Å². The van der Waals surface area contributed by atoms with E-state index in [4.69, 9.17) is 0 Å². The largest absolute Gasteiger partial charge is 0.360 e. The second kappa shape index (κ2) is 13.6. The Hall–Kier alpha value is -5.60. The van der Waals surface area contributed by atoms with E-state index in [1.165, 1.54) is 79.1 Å². The molecular formula is C54H50N2. The van der Waals surface area contributed by atoms with E-state index in [1.807, 2.05) is 0 Å². The van der Waals surface area contributed by atoms with Crippen LogP contribution >= 0.6 is 0 Å². The molecule has 1 aliphatic heterocycles. The van der Waals surface area contributed by atoms with Gasteiger partial charge in [0.2, 0.25) is 0 Å². The van der Waals surface area contributed by atoms with Crippen LogP contribution in [0.5, 0.6) is 0 Å². The minimum atomic E-state index is -0.208. The lowest BCUT2D eigenvalue weighted by atomic mass is 9.55. The van der Waals surface area contributed by atoms with Crippen LogP contribution in [0.25, 0.3) is 11.6 Å². The second-order valence-electron chi connectivity index (χ2n) is 17.1. The van der Waals surface area contributed by atoms with E-state index in [1.54, 1.807) is 0 Å². The monoisotopic (exact) mass is 726 g/mol. The summed E-state index contributed by atoms with van der Waals surface area (Å²) in [6.45, 7) is 2.52. The fraction of sp³-hybridized carbons (Fsp3) is 0.259. The van der Waals surface area contributed by atoms with Gasteiger partial charge in [-0.2, -0.15) is 0 Å². The lowest BCUT2D eigenvalue weighted by Crippen LogP contribution is -2.38. The van der Waals surface area contributed by atoms with E-state index in [0.717, 1.165) is 38.5 Å². The first-order valence-electron chi connectivity index (χ1n) is 21.1. The molecule has 1 heterocycles. The third-order valence-corrected chi connectivity index (χ3v) is 13.8. The smallest absolute Gasteiger partial charge is 0.126 e. The van der Waals surface area contributed by atoms with Crippen molar-refractivity contribution < 1.29 is 0 Å². The molecule has 2 heteroatoms. The number of rotatable bonds is 5. The van der Waals surface area contributed by atoms with Crippen molar-refractivity contribution in [1.82, 2.24) is 0 Å². The molecular weight excluding hydrogens is 677 g/mol. The van der Waals surface area contributed by atoms with Crippen molar-refractivity contribution >= 4 is 23.0 Å². The highest BCUT2D eigenvalue weighted by Gasteiger charge is 2.47. The van der Waals surface area contributed by atoms with Crippen molar-refractivity contribution in [2.24, 2.45) is 17.3 Å². The average molecular weight is 727 g/mol. The van der Waals surface area contributed by atoms with Crippen LogP contribution in [0.3, 0.4) is 0 Å². The van der Waals surface area contributed by atoms with Crippen LogP contribution in [-0.4, -0.2) is 6.04 Å². The number of anilines is 2. The van der Waals surface area contributed by atoms with Crippen molar-refractivity contribution in [2.45, 2.75) is 70.0 Å². The second-order valence-corrected chi connectivity index (χ2v) is 17.1. The van der Waals surface area contributed by atoms with Gasteiger partial charge in [0.1, 0.15) is 6.17 Å². The summed E-state index contributed by atoms with van der Waals surface area (Å²) in [7, 11) is 0. The van der Waals surface area contributed by atoms with Crippen molar-refractivity contribution in [2.75, 3.05) is 10.2 Å². The standard InChI is InChI=1S/C54H50N2/c1-54-32-31-42(38-23-27-39(28-24-38)53-55-49-21-11-12-22-50(49)56(53)45-17-3-2-4-18-45)35-48(54)51(43-29-25-36-13-5-7-15-40(36)33-43)46-19-9-10-20-47(46)52(54)44-30-26-37-14-6-8-16-41(37)34-44/h2-3,5-7,11-15,19-36,40,45,52-53,55H,4,8-10,16-18H2,1H3. The highest BCUT2D eigenvalue weighted by atomic mass is 15.3. The summed E-state index contributed by atoms with van der Waals surface area (Å²) in [6.07, 6.45) is 46.6. The van der Waals surface area contributed by atoms with Crippen molar-refractivity contribution in [3.05, 3.63) is 214 Å². The Morgan fingerprint density at radius 1 is 0.750 bits per heavy atom. The average Bonchev–Trinajstić information content (AvgIpc) is 3.65. The predicted molar refractivity (Wildman–Crippen MR) is 235 cm³/mol. The third-order valence-electron chi connectivity index (χ3n) is 13.8. The molecule has 3 aromatic rings. The number of nitrogens with zero attached hydrogens (tertiary/aromatic N) is 1. The Labute approximate surface area is 332 Å². The molecule has 56 heavy (non-hydrogen) atoms. The molecule has 0 saturated heterocycles. The van der Waals surface area contributed by atoms with Gasteiger partial charge in [-0.1, -0.05) is 153 Å². The lowest BCUT2D eigenvalue weighted by molar-refractivity contribution is 0.436. The van der Waals surface area contributed by atoms with Gasteiger partial charge in [0.15, 0.2) is 0 Å². The molecule has 8 aliphatic rings. The Morgan fingerprint density at radius 3 is 2.50 bits per heavy atom. The number of fused-ring (bicyclic) bond motifs is 5. The van der Waals surface area contributed by atoms with Crippen LogP contribution < -0.4 is 10.2 Å². The number of hydrogen-bond donors (Lipinski definition) is 1. The first kappa shape index (κ1) is 33.7. The SMILES string of the molecule is CC12C=CC(c3ccc(C4Nc5ccccc5N4C4CC=CCC4)cc3)=CC1=C(C1=CC3C=CC=CC3C=C1)C1=CCCC=C1C2c1ccc2c(c1)CCC=C2. The molecule has 276 valence electrons. The Kier molecular flexibility index (Phi) is 8.16. The van der Waals surface area contributed by atoms with Crippen molar-refractivity contribution in [3.8, 4) is 0 Å². The zero-order valence-corrected chi connectivity index (χ0v) is 32.4. The van der Waals surface area contributed by atoms with Gasteiger partial charge >= 0.3 is 0 Å². The molecule has 0 fully saturated rings. The molecule has 3 aromatic carbocycles. The normalized spacial score (nSPS) is 29.3. The number of hydrogen-bond acceptors (Lipinski definition) is 2. The summed E-state index contributed by atoms with van der Waals surface area (Å²) in [5.74, 6) is 1.06. The zero-order chi connectivity index (χ0) is 37.2. The summed E-state index contributed by atoms with van der Waals surface area (Å²) in [5.41, 5.74) is 17.7. The van der Waals surface area contributed by atoms with Gasteiger partial charge in [-0.3, -0.25) is 0 Å². The molecule has 1 N–H and O–H groups in total. The van der Waals surface area contributed by atoms with Crippen LogP contribution in [0.15, 0.2) is 186 Å². The quantitative estimate of drug-likeness (QED) is 0.263. The Balaban J connectivity index is 1.02. The van der Waals surface area contributed by atoms with Crippen LogP contribution in [0.2, 0.25) is 0 Å². The molecule has 2 nitrogen and oxygen atoms in total. The molecule has 0 spiro atoms. The maximum atomic E-state index is 3.90. The molecule has 11 rings (SSSR count). The Morgan fingerprint density at radius 2 is 1.61 bits per heavy atom. The van der Waals surface area contributed by atoms with E-state index in [9.17, 15) is 0 Å². The fourth-order valence-electron chi connectivity index (χ4n) is 11.0. The van der Waals surface area contributed by atoms with E-state index in [0.29, 0.717) is 17.9 Å². The Bertz CT molecular complexity index is 2470. The summed E-state index contributed by atoms with van der Waals surface area (Å²) >= 11 is 0. The summed E-state index contributed by atoms with van der Waals surface area (Å²) in [6, 6.07) is 26.2. The van der Waals surface area contributed by atoms with Crippen molar-refractivity contribution in [1.29, 1.82) is 0 Å². The molecule has 0 aromatic heterocycles. The third kappa shape index (κ3) is 5.52. The number of aryl methyl sites for hydroxylation is 1. The van der Waals surface area contributed by atoms with Crippen LogP contribution in [0, 0.1) is 17.3 Å².